The molecule has 3 rings (SSSR count). The molecule has 3 nitrogen and oxygen atoms in total. The van der Waals surface area contributed by atoms with E-state index in [1.165, 1.54) is 16.5 Å². The molecule has 0 bridgehead atoms. The third-order valence-electron chi connectivity index (χ3n) is 3.10. The monoisotopic (exact) mass is 257 g/mol. The summed E-state index contributed by atoms with van der Waals surface area (Å²) < 4.78 is 0. The summed E-state index contributed by atoms with van der Waals surface area (Å²) in [6, 6.07) is 8.66. The molecular weight excluding hydrogens is 242 g/mol. The Balaban J connectivity index is 1.73. The van der Waals surface area contributed by atoms with Crippen LogP contribution in [0.25, 0.3) is 10.9 Å². The Morgan fingerprint density at radius 3 is 3.11 bits per heavy atom. The molecule has 2 aromatic heterocycles. The maximum atomic E-state index is 4.33. The van der Waals surface area contributed by atoms with E-state index < -0.39 is 0 Å². The van der Waals surface area contributed by atoms with Crippen LogP contribution in [0.5, 0.6) is 0 Å². The molecule has 0 aliphatic rings. The molecule has 0 radical (unpaired) electrons. The second-order valence-electron chi connectivity index (χ2n) is 4.33. The van der Waals surface area contributed by atoms with Crippen molar-refractivity contribution in [2.24, 2.45) is 0 Å². The zero-order valence-electron chi connectivity index (χ0n) is 10.2. The first-order valence-electron chi connectivity index (χ1n) is 6.02. The number of aromatic nitrogens is 2. The highest BCUT2D eigenvalue weighted by molar-refractivity contribution is 7.09. The summed E-state index contributed by atoms with van der Waals surface area (Å²) in [6.45, 7) is 3.00. The SMILES string of the molecule is CC(NCc1c[nH]c2ccccc12)c1nccs1. The number of aromatic amines is 1. The van der Waals surface area contributed by atoms with Crippen molar-refractivity contribution < 1.29 is 0 Å². The van der Waals surface area contributed by atoms with Gasteiger partial charge >= 0.3 is 0 Å². The molecule has 0 saturated carbocycles. The number of H-pyrrole nitrogens is 1. The Morgan fingerprint density at radius 2 is 2.28 bits per heavy atom. The fourth-order valence-corrected chi connectivity index (χ4v) is 2.75. The van der Waals surface area contributed by atoms with Gasteiger partial charge in [0.1, 0.15) is 5.01 Å². The van der Waals surface area contributed by atoms with E-state index in [0.29, 0.717) is 6.04 Å². The van der Waals surface area contributed by atoms with Gasteiger partial charge in [-0.1, -0.05) is 18.2 Å². The van der Waals surface area contributed by atoms with E-state index in [1.54, 1.807) is 11.3 Å². The molecule has 0 aliphatic carbocycles. The molecule has 2 N–H and O–H groups in total. The smallest absolute Gasteiger partial charge is 0.109 e. The molecule has 18 heavy (non-hydrogen) atoms. The van der Waals surface area contributed by atoms with Gasteiger partial charge in [-0.15, -0.1) is 11.3 Å². The maximum Gasteiger partial charge on any atom is 0.109 e. The molecule has 1 unspecified atom stereocenters. The van der Waals surface area contributed by atoms with Crippen LogP contribution in [-0.2, 0) is 6.54 Å². The van der Waals surface area contributed by atoms with E-state index in [1.807, 2.05) is 17.6 Å². The van der Waals surface area contributed by atoms with Crippen molar-refractivity contribution in [3.05, 3.63) is 52.6 Å². The number of para-hydroxylation sites is 1. The summed E-state index contributed by atoms with van der Waals surface area (Å²) in [6.07, 6.45) is 3.93. The first-order valence-corrected chi connectivity index (χ1v) is 6.90. The minimum absolute atomic E-state index is 0.290. The van der Waals surface area contributed by atoms with Crippen molar-refractivity contribution in [1.82, 2.24) is 15.3 Å². The lowest BCUT2D eigenvalue weighted by molar-refractivity contribution is 0.573. The van der Waals surface area contributed by atoms with Gasteiger partial charge < -0.3 is 10.3 Å². The lowest BCUT2D eigenvalue weighted by Crippen LogP contribution is -2.17. The first kappa shape index (κ1) is 11.4. The maximum absolute atomic E-state index is 4.33. The van der Waals surface area contributed by atoms with E-state index in [4.69, 9.17) is 0 Å². The van der Waals surface area contributed by atoms with E-state index in [0.717, 1.165) is 11.6 Å². The highest BCUT2D eigenvalue weighted by atomic mass is 32.1. The van der Waals surface area contributed by atoms with Crippen LogP contribution in [0.4, 0.5) is 0 Å². The largest absolute Gasteiger partial charge is 0.361 e. The number of hydrogen-bond donors (Lipinski definition) is 2. The second-order valence-corrected chi connectivity index (χ2v) is 5.26. The van der Waals surface area contributed by atoms with E-state index in [9.17, 15) is 0 Å². The summed E-state index contributed by atoms with van der Waals surface area (Å²) in [5.41, 5.74) is 2.49. The third-order valence-corrected chi connectivity index (χ3v) is 4.05. The Bertz CT molecular complexity index is 627. The van der Waals surface area contributed by atoms with Gasteiger partial charge in [-0.25, -0.2) is 4.98 Å². The lowest BCUT2D eigenvalue weighted by Gasteiger charge is -2.10. The second kappa shape index (κ2) is 4.92. The molecule has 0 spiro atoms. The van der Waals surface area contributed by atoms with Crippen molar-refractivity contribution in [1.29, 1.82) is 0 Å². The number of nitrogens with zero attached hydrogens (tertiary/aromatic N) is 1. The lowest BCUT2D eigenvalue weighted by atomic mass is 10.1. The summed E-state index contributed by atoms with van der Waals surface area (Å²) in [7, 11) is 0. The van der Waals surface area contributed by atoms with Crippen LogP contribution < -0.4 is 5.32 Å². The molecule has 4 heteroatoms. The normalized spacial score (nSPS) is 12.9. The molecule has 0 fully saturated rings. The minimum atomic E-state index is 0.290. The Kier molecular flexibility index (Phi) is 3.13. The Morgan fingerprint density at radius 1 is 1.39 bits per heavy atom. The molecule has 2 heterocycles. The van der Waals surface area contributed by atoms with Gasteiger partial charge in [-0.3, -0.25) is 0 Å². The predicted molar refractivity (Wildman–Crippen MR) is 75.7 cm³/mol. The standard InChI is InChI=1S/C14H15N3S/c1-10(14-15-6-7-18-14)16-8-11-9-17-13-5-3-2-4-12(11)13/h2-7,9-10,16-17H,8H2,1H3. The van der Waals surface area contributed by atoms with Crippen molar-refractivity contribution in [3.63, 3.8) is 0 Å². The molecule has 3 aromatic rings. The highest BCUT2D eigenvalue weighted by Crippen LogP contribution is 2.19. The molecule has 0 aliphatic heterocycles. The van der Waals surface area contributed by atoms with E-state index in [2.05, 4.69) is 46.6 Å². The molecule has 1 atom stereocenters. The number of fused-ring (bicyclic) bond motifs is 1. The van der Waals surface area contributed by atoms with Crippen LogP contribution in [-0.4, -0.2) is 9.97 Å². The average molecular weight is 257 g/mol. The summed E-state index contributed by atoms with van der Waals surface area (Å²) in [4.78, 5) is 7.62. The quantitative estimate of drug-likeness (QED) is 0.751. The summed E-state index contributed by atoms with van der Waals surface area (Å²) >= 11 is 1.69. The van der Waals surface area contributed by atoms with Gasteiger partial charge in [0.2, 0.25) is 0 Å². The van der Waals surface area contributed by atoms with E-state index in [-0.39, 0.29) is 0 Å². The van der Waals surface area contributed by atoms with Crippen molar-refractivity contribution >= 4 is 22.2 Å². The topological polar surface area (TPSA) is 40.7 Å². The minimum Gasteiger partial charge on any atom is -0.361 e. The fourth-order valence-electron chi connectivity index (χ4n) is 2.08. The van der Waals surface area contributed by atoms with Crippen molar-refractivity contribution in [2.75, 3.05) is 0 Å². The number of nitrogens with one attached hydrogen (secondary N) is 2. The fraction of sp³-hybridized carbons (Fsp3) is 0.214. The highest BCUT2D eigenvalue weighted by Gasteiger charge is 2.08. The molecular formula is C14H15N3S. The third kappa shape index (κ3) is 2.17. The van der Waals surface area contributed by atoms with Crippen LogP contribution in [0.2, 0.25) is 0 Å². The summed E-state index contributed by atoms with van der Waals surface area (Å²) in [5.74, 6) is 0. The van der Waals surface area contributed by atoms with Gasteiger partial charge in [0.15, 0.2) is 0 Å². The van der Waals surface area contributed by atoms with Gasteiger partial charge in [0.25, 0.3) is 0 Å². The first-order chi connectivity index (χ1) is 8.84. The van der Waals surface area contributed by atoms with E-state index >= 15 is 0 Å². The van der Waals surface area contributed by atoms with Crippen LogP contribution in [0.3, 0.4) is 0 Å². The Hall–Kier alpha value is -1.65. The van der Waals surface area contributed by atoms with Gasteiger partial charge in [-0.2, -0.15) is 0 Å². The van der Waals surface area contributed by atoms with Crippen molar-refractivity contribution in [2.45, 2.75) is 19.5 Å². The van der Waals surface area contributed by atoms with Crippen LogP contribution in [0, 0.1) is 0 Å². The molecule has 1 aromatic carbocycles. The zero-order valence-corrected chi connectivity index (χ0v) is 11.0. The predicted octanol–water partition coefficient (Wildman–Crippen LogP) is 3.48. The van der Waals surface area contributed by atoms with Crippen molar-refractivity contribution in [3.8, 4) is 0 Å². The number of benzene rings is 1. The van der Waals surface area contributed by atoms with Crippen LogP contribution in [0.15, 0.2) is 42.0 Å². The number of rotatable bonds is 4. The Labute approximate surface area is 110 Å². The van der Waals surface area contributed by atoms with Crippen LogP contribution in [0.1, 0.15) is 23.5 Å². The number of hydrogen-bond acceptors (Lipinski definition) is 3. The van der Waals surface area contributed by atoms with Crippen LogP contribution >= 0.6 is 11.3 Å². The summed E-state index contributed by atoms with van der Waals surface area (Å²) in [5, 5.41) is 7.94. The average Bonchev–Trinajstić information content (AvgIpc) is 3.06. The molecule has 92 valence electrons. The molecule has 0 saturated heterocycles. The van der Waals surface area contributed by atoms with Gasteiger partial charge in [0.05, 0.1) is 6.04 Å². The van der Waals surface area contributed by atoms with Gasteiger partial charge in [0, 0.05) is 35.2 Å². The zero-order chi connectivity index (χ0) is 12.4. The number of thiazole rings is 1. The molecule has 0 amide bonds. The van der Waals surface area contributed by atoms with Gasteiger partial charge in [-0.05, 0) is 18.6 Å².